The van der Waals surface area contributed by atoms with Crippen LogP contribution in [0, 0.1) is 12.8 Å². The molecule has 1 amide bonds. The second-order valence-corrected chi connectivity index (χ2v) is 5.25. The Balaban J connectivity index is 1.88. The van der Waals surface area contributed by atoms with Crippen molar-refractivity contribution in [3.8, 4) is 0 Å². The first kappa shape index (κ1) is 14.1. The number of nitrogens with zero attached hydrogens (tertiary/aromatic N) is 2. The predicted octanol–water partition coefficient (Wildman–Crippen LogP) is 1.28. The first-order chi connectivity index (χ1) is 8.99. The molecule has 2 N–H and O–H groups in total. The van der Waals surface area contributed by atoms with Gasteiger partial charge in [0.1, 0.15) is 5.15 Å². The van der Waals surface area contributed by atoms with Crippen LogP contribution in [0.2, 0.25) is 5.15 Å². The second kappa shape index (κ2) is 5.75. The fraction of sp³-hybridized carbons (Fsp3) is 0.538. The number of amides is 1. The van der Waals surface area contributed by atoms with Gasteiger partial charge in [-0.3, -0.25) is 9.48 Å². The maximum atomic E-state index is 11.6. The molecule has 104 valence electrons. The minimum absolute atomic E-state index is 0.237. The highest BCUT2D eigenvalue weighted by molar-refractivity contribution is 6.31. The summed E-state index contributed by atoms with van der Waals surface area (Å²) in [6, 6.07) is 0. The Hall–Kier alpha value is -1.33. The molecule has 1 aliphatic carbocycles. The van der Waals surface area contributed by atoms with Crippen LogP contribution in [0.1, 0.15) is 24.1 Å². The number of aryl methyl sites for hydroxylation is 2. The summed E-state index contributed by atoms with van der Waals surface area (Å²) in [5.41, 5.74) is 1.51. The van der Waals surface area contributed by atoms with Gasteiger partial charge < -0.3 is 10.4 Å². The molecule has 0 aromatic carbocycles. The number of aromatic nitrogens is 2. The third-order valence-electron chi connectivity index (χ3n) is 3.25. The Bertz CT molecular complexity index is 506. The molecule has 0 bridgehead atoms. The monoisotopic (exact) mass is 283 g/mol. The number of aliphatic hydroxyl groups is 1. The SMILES string of the molecule is Cc1nn(C)c(Cl)c1C=CC(=O)NCC(O)C1CC1. The van der Waals surface area contributed by atoms with E-state index in [1.807, 2.05) is 6.92 Å². The molecule has 0 spiro atoms. The Morgan fingerprint density at radius 1 is 1.68 bits per heavy atom. The van der Waals surface area contributed by atoms with Crippen LogP contribution in [-0.4, -0.2) is 33.4 Å². The lowest BCUT2D eigenvalue weighted by Gasteiger charge is -2.08. The summed E-state index contributed by atoms with van der Waals surface area (Å²) in [4.78, 5) is 11.6. The van der Waals surface area contributed by atoms with Gasteiger partial charge in [-0.25, -0.2) is 0 Å². The van der Waals surface area contributed by atoms with Gasteiger partial charge in [0.25, 0.3) is 0 Å². The molecule has 1 aromatic rings. The number of aliphatic hydroxyl groups excluding tert-OH is 1. The zero-order valence-electron chi connectivity index (χ0n) is 11.1. The van der Waals surface area contributed by atoms with Crippen LogP contribution in [0.3, 0.4) is 0 Å². The molecule has 1 aromatic heterocycles. The fourth-order valence-electron chi connectivity index (χ4n) is 1.91. The lowest BCUT2D eigenvalue weighted by Crippen LogP contribution is -2.31. The van der Waals surface area contributed by atoms with E-state index in [0.717, 1.165) is 24.1 Å². The van der Waals surface area contributed by atoms with Gasteiger partial charge in [0.15, 0.2) is 0 Å². The maximum Gasteiger partial charge on any atom is 0.244 e. The highest BCUT2D eigenvalue weighted by Gasteiger charge is 2.29. The van der Waals surface area contributed by atoms with Crippen LogP contribution in [-0.2, 0) is 11.8 Å². The summed E-state index contributed by atoms with van der Waals surface area (Å²) >= 11 is 6.05. The highest BCUT2D eigenvalue weighted by Crippen LogP contribution is 2.32. The van der Waals surface area contributed by atoms with Crippen LogP contribution in [0.4, 0.5) is 0 Å². The van der Waals surface area contributed by atoms with E-state index in [-0.39, 0.29) is 5.91 Å². The van der Waals surface area contributed by atoms with E-state index >= 15 is 0 Å². The molecule has 1 saturated carbocycles. The summed E-state index contributed by atoms with van der Waals surface area (Å²) in [5.74, 6) is 0.123. The lowest BCUT2D eigenvalue weighted by molar-refractivity contribution is -0.116. The Morgan fingerprint density at radius 3 is 2.89 bits per heavy atom. The number of nitrogens with one attached hydrogen (secondary N) is 1. The fourth-order valence-corrected chi connectivity index (χ4v) is 2.14. The van der Waals surface area contributed by atoms with E-state index < -0.39 is 6.10 Å². The summed E-state index contributed by atoms with van der Waals surface area (Å²) in [6.07, 6.45) is 4.73. The average Bonchev–Trinajstić information content (AvgIpc) is 3.16. The van der Waals surface area contributed by atoms with Crippen LogP contribution in [0.15, 0.2) is 6.08 Å². The number of carbonyl (C=O) groups is 1. The van der Waals surface area contributed by atoms with Gasteiger partial charge >= 0.3 is 0 Å². The zero-order chi connectivity index (χ0) is 14.0. The van der Waals surface area contributed by atoms with Crippen LogP contribution >= 0.6 is 11.6 Å². The third kappa shape index (κ3) is 3.58. The minimum atomic E-state index is -0.430. The molecule has 0 saturated heterocycles. The molecule has 2 rings (SSSR count). The molecule has 0 radical (unpaired) electrons. The van der Waals surface area contributed by atoms with Gasteiger partial charge in [-0.1, -0.05) is 11.6 Å². The smallest absolute Gasteiger partial charge is 0.244 e. The molecule has 1 unspecified atom stereocenters. The first-order valence-electron chi connectivity index (χ1n) is 6.32. The molecule has 6 heteroatoms. The molecule has 1 heterocycles. The molecular formula is C13H18ClN3O2. The van der Waals surface area contributed by atoms with E-state index in [1.54, 1.807) is 17.8 Å². The van der Waals surface area contributed by atoms with Crippen molar-refractivity contribution in [2.45, 2.75) is 25.9 Å². The lowest BCUT2D eigenvalue weighted by atomic mass is 10.2. The number of hydrogen-bond acceptors (Lipinski definition) is 3. The van der Waals surface area contributed by atoms with Crippen molar-refractivity contribution >= 4 is 23.6 Å². The third-order valence-corrected chi connectivity index (χ3v) is 3.70. The van der Waals surface area contributed by atoms with Crippen molar-refractivity contribution in [1.29, 1.82) is 0 Å². The molecule has 1 atom stereocenters. The number of halogens is 1. The standard InChI is InChI=1S/C13H18ClN3O2/c1-8-10(13(14)17(2)16-8)5-6-12(19)15-7-11(18)9-3-4-9/h5-6,9,11,18H,3-4,7H2,1-2H3,(H,15,19). The van der Waals surface area contributed by atoms with Crippen molar-refractivity contribution in [2.75, 3.05) is 6.54 Å². The zero-order valence-corrected chi connectivity index (χ0v) is 11.8. The second-order valence-electron chi connectivity index (χ2n) is 4.90. The van der Waals surface area contributed by atoms with E-state index in [1.165, 1.54) is 6.08 Å². The van der Waals surface area contributed by atoms with Gasteiger partial charge in [-0.2, -0.15) is 5.10 Å². The Kier molecular flexibility index (Phi) is 4.27. The van der Waals surface area contributed by atoms with Crippen molar-refractivity contribution in [3.63, 3.8) is 0 Å². The molecular weight excluding hydrogens is 266 g/mol. The maximum absolute atomic E-state index is 11.6. The normalized spacial score (nSPS) is 16.8. The first-order valence-corrected chi connectivity index (χ1v) is 6.70. The van der Waals surface area contributed by atoms with Crippen LogP contribution < -0.4 is 5.32 Å². The van der Waals surface area contributed by atoms with E-state index in [2.05, 4.69) is 10.4 Å². The van der Waals surface area contributed by atoms with Crippen molar-refractivity contribution in [2.24, 2.45) is 13.0 Å². The van der Waals surface area contributed by atoms with Crippen molar-refractivity contribution < 1.29 is 9.90 Å². The number of rotatable bonds is 5. The van der Waals surface area contributed by atoms with Crippen LogP contribution in [0.5, 0.6) is 0 Å². The van der Waals surface area contributed by atoms with E-state index in [4.69, 9.17) is 11.6 Å². The number of carbonyl (C=O) groups excluding carboxylic acids is 1. The molecule has 0 aliphatic heterocycles. The van der Waals surface area contributed by atoms with E-state index in [9.17, 15) is 9.90 Å². The van der Waals surface area contributed by atoms with Gasteiger partial charge in [0.2, 0.25) is 5.91 Å². The molecule has 5 nitrogen and oxygen atoms in total. The molecule has 1 fully saturated rings. The van der Waals surface area contributed by atoms with Gasteiger partial charge in [0, 0.05) is 25.2 Å². The topological polar surface area (TPSA) is 67.2 Å². The summed E-state index contributed by atoms with van der Waals surface area (Å²) in [5, 5.41) is 17.0. The predicted molar refractivity (Wildman–Crippen MR) is 73.7 cm³/mol. The van der Waals surface area contributed by atoms with Crippen molar-refractivity contribution in [3.05, 3.63) is 22.5 Å². The molecule has 19 heavy (non-hydrogen) atoms. The van der Waals surface area contributed by atoms with Gasteiger partial charge in [0.05, 0.1) is 11.8 Å². The van der Waals surface area contributed by atoms with E-state index in [0.29, 0.717) is 17.6 Å². The summed E-state index contributed by atoms with van der Waals surface area (Å²) in [6.45, 7) is 2.13. The average molecular weight is 284 g/mol. The number of hydrogen-bond donors (Lipinski definition) is 2. The van der Waals surface area contributed by atoms with Crippen LogP contribution in [0.25, 0.3) is 6.08 Å². The molecule has 1 aliphatic rings. The Morgan fingerprint density at radius 2 is 2.37 bits per heavy atom. The quantitative estimate of drug-likeness (QED) is 0.800. The summed E-state index contributed by atoms with van der Waals surface area (Å²) < 4.78 is 1.56. The summed E-state index contributed by atoms with van der Waals surface area (Å²) in [7, 11) is 1.75. The largest absolute Gasteiger partial charge is 0.391 e. The van der Waals surface area contributed by atoms with Crippen molar-refractivity contribution in [1.82, 2.24) is 15.1 Å². The van der Waals surface area contributed by atoms with Gasteiger partial charge in [-0.15, -0.1) is 0 Å². The van der Waals surface area contributed by atoms with Gasteiger partial charge in [-0.05, 0) is 31.8 Å². The minimum Gasteiger partial charge on any atom is -0.391 e. The Labute approximate surface area is 117 Å². The highest BCUT2D eigenvalue weighted by atomic mass is 35.5.